The van der Waals surface area contributed by atoms with Crippen molar-refractivity contribution in [2.24, 2.45) is 0 Å². The molecule has 0 amide bonds. The molecule has 24 heavy (non-hydrogen) atoms. The molecule has 1 N–H and O–H groups in total. The maximum absolute atomic E-state index is 12.5. The number of rotatable bonds is 7. The van der Waals surface area contributed by atoms with Crippen LogP contribution in [-0.2, 0) is 21.3 Å². The first-order valence-electron chi connectivity index (χ1n) is 7.70. The topological polar surface area (TPSA) is 80.7 Å². The summed E-state index contributed by atoms with van der Waals surface area (Å²) in [6, 6.07) is 12.8. The largest absolute Gasteiger partial charge is 0.481 e. The van der Waals surface area contributed by atoms with Crippen molar-refractivity contribution in [1.82, 2.24) is 0 Å². The van der Waals surface area contributed by atoms with E-state index in [1.165, 1.54) is 18.2 Å². The van der Waals surface area contributed by atoms with Crippen molar-refractivity contribution in [3.8, 4) is 5.75 Å². The first-order chi connectivity index (χ1) is 11.3. The fourth-order valence-electron chi connectivity index (χ4n) is 2.35. The number of hydrogen-bond donors (Lipinski definition) is 1. The lowest BCUT2D eigenvalue weighted by atomic mass is 10.0. The van der Waals surface area contributed by atoms with Crippen molar-refractivity contribution in [2.45, 2.75) is 37.5 Å². The summed E-state index contributed by atoms with van der Waals surface area (Å²) in [5, 5.41) is 8.99. The lowest BCUT2D eigenvalue weighted by Crippen LogP contribution is -2.12. The molecule has 0 aliphatic rings. The van der Waals surface area contributed by atoms with Crippen LogP contribution in [0.1, 0.15) is 37.3 Å². The van der Waals surface area contributed by atoms with Crippen LogP contribution in [0.5, 0.6) is 5.75 Å². The first-order valence-corrected chi connectivity index (χ1v) is 9.11. The molecule has 0 saturated carbocycles. The summed E-state index contributed by atoms with van der Waals surface area (Å²) < 4.78 is 30.2. The first kappa shape index (κ1) is 18.0. The normalized spacial score (nSPS) is 12.6. The summed E-state index contributed by atoms with van der Waals surface area (Å²) in [5.74, 6) is -1.45. The molecule has 0 aliphatic carbocycles. The van der Waals surface area contributed by atoms with Crippen molar-refractivity contribution < 1.29 is 22.5 Å². The number of carbonyl (C=O) groups is 1. The monoisotopic (exact) mass is 348 g/mol. The van der Waals surface area contributed by atoms with Crippen LogP contribution in [0.15, 0.2) is 53.4 Å². The minimum Gasteiger partial charge on any atom is -0.481 e. The predicted octanol–water partition coefficient (Wildman–Crippen LogP) is 3.59. The SMILES string of the molecule is CCCc1ccccc1S(=O)(=O)Oc1ccc([C@H](C)C(=O)O)cc1. The van der Waals surface area contributed by atoms with E-state index in [9.17, 15) is 13.2 Å². The van der Waals surface area contributed by atoms with Crippen molar-refractivity contribution >= 4 is 16.1 Å². The van der Waals surface area contributed by atoms with E-state index in [0.29, 0.717) is 12.0 Å². The molecule has 0 saturated heterocycles. The molecule has 2 rings (SSSR count). The summed E-state index contributed by atoms with van der Waals surface area (Å²) in [6.45, 7) is 3.54. The number of carboxylic acid groups (broad SMARTS) is 1. The van der Waals surface area contributed by atoms with Gasteiger partial charge in [0.05, 0.1) is 5.92 Å². The second kappa shape index (κ2) is 7.49. The Morgan fingerprint density at radius 1 is 1.12 bits per heavy atom. The molecule has 2 aromatic rings. The van der Waals surface area contributed by atoms with Crippen LogP contribution in [0.4, 0.5) is 0 Å². The van der Waals surface area contributed by atoms with Gasteiger partial charge in [0.2, 0.25) is 0 Å². The van der Waals surface area contributed by atoms with Crippen LogP contribution in [-0.4, -0.2) is 19.5 Å². The van der Waals surface area contributed by atoms with Gasteiger partial charge in [0.25, 0.3) is 0 Å². The molecule has 0 radical (unpaired) electrons. The summed E-state index contributed by atoms with van der Waals surface area (Å²) in [7, 11) is -3.93. The third-order valence-electron chi connectivity index (χ3n) is 3.72. The van der Waals surface area contributed by atoms with Crippen LogP contribution in [0.2, 0.25) is 0 Å². The zero-order chi connectivity index (χ0) is 17.7. The second-order valence-electron chi connectivity index (χ2n) is 5.52. The smallest absolute Gasteiger partial charge is 0.339 e. The highest BCUT2D eigenvalue weighted by Crippen LogP contribution is 2.24. The Labute approximate surface area is 142 Å². The Hall–Kier alpha value is -2.34. The maximum atomic E-state index is 12.5. The van der Waals surface area contributed by atoms with Gasteiger partial charge in [-0.3, -0.25) is 4.79 Å². The summed E-state index contributed by atoms with van der Waals surface area (Å²) >= 11 is 0. The summed E-state index contributed by atoms with van der Waals surface area (Å²) in [5.41, 5.74) is 1.30. The number of aryl methyl sites for hydroxylation is 1. The molecule has 0 fully saturated rings. The molecule has 1 atom stereocenters. The zero-order valence-electron chi connectivity index (χ0n) is 13.6. The van der Waals surface area contributed by atoms with Crippen LogP contribution in [0.25, 0.3) is 0 Å². The standard InChI is InChI=1S/C18H20O5S/c1-3-6-15-7-4-5-8-17(15)24(21,22)23-16-11-9-14(10-12-16)13(2)18(19)20/h4-5,7-13H,3,6H2,1-2H3,(H,19,20)/t13-/m0/s1. The third-order valence-corrected chi connectivity index (χ3v) is 5.07. The van der Waals surface area contributed by atoms with E-state index in [-0.39, 0.29) is 10.6 Å². The van der Waals surface area contributed by atoms with E-state index in [4.69, 9.17) is 9.29 Å². The number of aliphatic carboxylic acids is 1. The number of hydrogen-bond acceptors (Lipinski definition) is 4. The second-order valence-corrected chi connectivity index (χ2v) is 7.04. The summed E-state index contributed by atoms with van der Waals surface area (Å²) in [6.07, 6.45) is 1.47. The Balaban J connectivity index is 2.25. The van der Waals surface area contributed by atoms with Crippen molar-refractivity contribution in [1.29, 1.82) is 0 Å². The van der Waals surface area contributed by atoms with Crippen LogP contribution < -0.4 is 4.18 Å². The van der Waals surface area contributed by atoms with Crippen LogP contribution in [0, 0.1) is 0 Å². The van der Waals surface area contributed by atoms with E-state index in [0.717, 1.165) is 12.0 Å². The van der Waals surface area contributed by atoms with Gasteiger partial charge in [-0.1, -0.05) is 43.7 Å². The van der Waals surface area contributed by atoms with Crippen molar-refractivity contribution in [2.75, 3.05) is 0 Å². The maximum Gasteiger partial charge on any atom is 0.339 e. The molecule has 6 heteroatoms. The van der Waals surface area contributed by atoms with Gasteiger partial charge in [-0.2, -0.15) is 8.42 Å². The van der Waals surface area contributed by atoms with E-state index in [1.807, 2.05) is 6.92 Å². The Bertz CT molecular complexity index is 810. The van der Waals surface area contributed by atoms with Crippen molar-refractivity contribution in [3.05, 3.63) is 59.7 Å². The van der Waals surface area contributed by atoms with Crippen LogP contribution in [0.3, 0.4) is 0 Å². The molecule has 0 aromatic heterocycles. The third kappa shape index (κ3) is 4.14. The van der Waals surface area contributed by atoms with Gasteiger partial charge < -0.3 is 9.29 Å². The van der Waals surface area contributed by atoms with Gasteiger partial charge in [-0.15, -0.1) is 0 Å². The molecular weight excluding hydrogens is 328 g/mol. The van der Waals surface area contributed by atoms with Gasteiger partial charge in [0.1, 0.15) is 10.6 Å². The van der Waals surface area contributed by atoms with Gasteiger partial charge in [0.15, 0.2) is 0 Å². The lowest BCUT2D eigenvalue weighted by Gasteiger charge is -2.12. The molecule has 5 nitrogen and oxygen atoms in total. The van der Waals surface area contributed by atoms with E-state index in [2.05, 4.69) is 0 Å². The molecule has 0 unspecified atom stereocenters. The van der Waals surface area contributed by atoms with Crippen LogP contribution >= 0.6 is 0 Å². The lowest BCUT2D eigenvalue weighted by molar-refractivity contribution is -0.138. The highest BCUT2D eigenvalue weighted by Gasteiger charge is 2.20. The molecule has 2 aromatic carbocycles. The van der Waals surface area contributed by atoms with Gasteiger partial charge in [-0.25, -0.2) is 0 Å². The average molecular weight is 348 g/mol. The highest BCUT2D eigenvalue weighted by molar-refractivity contribution is 7.87. The van der Waals surface area contributed by atoms with Gasteiger partial charge in [-0.05, 0) is 42.7 Å². The summed E-state index contributed by atoms with van der Waals surface area (Å²) in [4.78, 5) is 11.1. The zero-order valence-corrected chi connectivity index (χ0v) is 14.4. The van der Waals surface area contributed by atoms with Gasteiger partial charge in [0, 0.05) is 0 Å². The number of benzene rings is 2. The predicted molar refractivity (Wildman–Crippen MR) is 90.7 cm³/mol. The fraction of sp³-hybridized carbons (Fsp3) is 0.278. The fourth-order valence-corrected chi connectivity index (χ4v) is 3.54. The van der Waals surface area contributed by atoms with Crippen molar-refractivity contribution in [3.63, 3.8) is 0 Å². The Kier molecular flexibility index (Phi) is 5.62. The molecule has 0 aliphatic heterocycles. The minimum absolute atomic E-state index is 0.155. The molecular formula is C18H20O5S. The van der Waals surface area contributed by atoms with E-state index in [1.54, 1.807) is 37.3 Å². The highest BCUT2D eigenvalue weighted by atomic mass is 32.2. The molecule has 0 spiro atoms. The molecule has 0 heterocycles. The molecule has 0 bridgehead atoms. The van der Waals surface area contributed by atoms with E-state index < -0.39 is 22.0 Å². The number of carboxylic acids is 1. The Morgan fingerprint density at radius 2 is 1.75 bits per heavy atom. The minimum atomic E-state index is -3.93. The molecule has 128 valence electrons. The van der Waals surface area contributed by atoms with Gasteiger partial charge >= 0.3 is 16.1 Å². The average Bonchev–Trinajstić information content (AvgIpc) is 2.55. The quantitative estimate of drug-likeness (QED) is 0.773. The van der Waals surface area contributed by atoms with E-state index >= 15 is 0 Å². The Morgan fingerprint density at radius 3 is 2.33 bits per heavy atom.